The van der Waals surface area contributed by atoms with E-state index in [1.807, 2.05) is 48.5 Å². The Kier molecular flexibility index (Phi) is 4.68. The molecule has 0 saturated heterocycles. The standard InChI is InChI=1S/C25H22N4O2/c1-27-16-29-21-14-20(17-6-3-2-4-7-17)23(28-24(21)31-15-22(29)30)18-8-10-19(11-9-18)25(26)12-5-13-25/h2-4,6-11,14H,5,12-13,15-16,26H2. The van der Waals surface area contributed by atoms with Crippen molar-refractivity contribution in [2.24, 2.45) is 5.73 Å². The van der Waals surface area contributed by atoms with Gasteiger partial charge in [0.05, 0.1) is 5.69 Å². The van der Waals surface area contributed by atoms with Crippen LogP contribution < -0.4 is 15.4 Å². The first-order valence-electron chi connectivity index (χ1n) is 10.4. The van der Waals surface area contributed by atoms with Gasteiger partial charge in [0.25, 0.3) is 12.6 Å². The molecule has 0 unspecified atom stereocenters. The van der Waals surface area contributed by atoms with Gasteiger partial charge in [0.1, 0.15) is 5.69 Å². The average molecular weight is 410 g/mol. The Bertz CT molecular complexity index is 1180. The maximum absolute atomic E-state index is 12.3. The first-order chi connectivity index (χ1) is 15.1. The van der Waals surface area contributed by atoms with E-state index in [0.29, 0.717) is 11.6 Å². The molecule has 154 valence electrons. The molecule has 6 nitrogen and oxygen atoms in total. The second-order valence-corrected chi connectivity index (χ2v) is 8.07. The van der Waals surface area contributed by atoms with Crippen LogP contribution in [0.5, 0.6) is 5.88 Å². The van der Waals surface area contributed by atoms with Gasteiger partial charge in [-0.2, -0.15) is 0 Å². The molecule has 31 heavy (non-hydrogen) atoms. The minimum absolute atomic E-state index is 0.0578. The molecule has 2 N–H and O–H groups in total. The van der Waals surface area contributed by atoms with Gasteiger partial charge < -0.3 is 10.5 Å². The summed E-state index contributed by atoms with van der Waals surface area (Å²) in [4.78, 5) is 22.0. The van der Waals surface area contributed by atoms with Gasteiger partial charge in [-0.3, -0.25) is 9.64 Å². The zero-order valence-electron chi connectivity index (χ0n) is 17.0. The number of rotatable bonds is 4. The van der Waals surface area contributed by atoms with Crippen LogP contribution in [0.1, 0.15) is 24.8 Å². The molecular formula is C25H22N4O2. The Labute approximate surface area is 181 Å². The van der Waals surface area contributed by atoms with Crippen molar-refractivity contribution in [3.05, 3.63) is 77.6 Å². The number of benzene rings is 2. The quantitative estimate of drug-likeness (QED) is 0.649. The molecule has 1 aliphatic carbocycles. The normalized spacial score (nSPS) is 16.6. The van der Waals surface area contributed by atoms with Crippen molar-refractivity contribution in [1.29, 1.82) is 0 Å². The van der Waals surface area contributed by atoms with Crippen molar-refractivity contribution in [3.63, 3.8) is 0 Å². The molecular weight excluding hydrogens is 388 g/mol. The van der Waals surface area contributed by atoms with Crippen LogP contribution in [-0.2, 0) is 10.3 Å². The summed E-state index contributed by atoms with van der Waals surface area (Å²) >= 11 is 0. The fraction of sp³-hybridized carbons (Fsp3) is 0.240. The van der Waals surface area contributed by atoms with Crippen LogP contribution in [0.2, 0.25) is 0 Å². The molecule has 0 spiro atoms. The first-order valence-corrected chi connectivity index (χ1v) is 10.4. The monoisotopic (exact) mass is 410 g/mol. The lowest BCUT2D eigenvalue weighted by atomic mass is 9.72. The van der Waals surface area contributed by atoms with E-state index in [0.717, 1.165) is 40.8 Å². The van der Waals surface area contributed by atoms with Gasteiger partial charge in [-0.1, -0.05) is 54.6 Å². The molecule has 2 aliphatic rings. The van der Waals surface area contributed by atoms with Crippen molar-refractivity contribution in [2.45, 2.75) is 24.8 Å². The minimum atomic E-state index is -0.241. The molecule has 2 aromatic carbocycles. The van der Waals surface area contributed by atoms with E-state index < -0.39 is 0 Å². The molecule has 6 heteroatoms. The van der Waals surface area contributed by atoms with Crippen molar-refractivity contribution in [1.82, 2.24) is 4.98 Å². The fourth-order valence-corrected chi connectivity index (χ4v) is 4.22. The predicted octanol–water partition coefficient (Wildman–Crippen LogP) is 4.36. The molecule has 3 aromatic rings. The lowest BCUT2D eigenvalue weighted by Crippen LogP contribution is -2.43. The molecule has 0 bridgehead atoms. The van der Waals surface area contributed by atoms with E-state index in [-0.39, 0.29) is 24.7 Å². The molecule has 0 atom stereocenters. The summed E-state index contributed by atoms with van der Waals surface area (Å²) in [5.41, 5.74) is 11.5. The maximum Gasteiger partial charge on any atom is 0.296 e. The molecule has 1 fully saturated rings. The number of ether oxygens (including phenoxy) is 1. The smallest absolute Gasteiger partial charge is 0.296 e. The third-order valence-electron chi connectivity index (χ3n) is 6.17. The van der Waals surface area contributed by atoms with Gasteiger partial charge in [-0.05, 0) is 36.5 Å². The van der Waals surface area contributed by atoms with Crippen molar-refractivity contribution >= 4 is 11.6 Å². The van der Waals surface area contributed by atoms with Crippen LogP contribution in [0.3, 0.4) is 0 Å². The Balaban J connectivity index is 1.65. The van der Waals surface area contributed by atoms with Crippen molar-refractivity contribution in [3.8, 4) is 28.3 Å². The van der Waals surface area contributed by atoms with Crippen LogP contribution in [0.15, 0.2) is 60.7 Å². The number of aromatic nitrogens is 1. The molecule has 1 aliphatic heterocycles. The van der Waals surface area contributed by atoms with Crippen molar-refractivity contribution < 1.29 is 9.53 Å². The fourth-order valence-electron chi connectivity index (χ4n) is 4.22. The second kappa shape index (κ2) is 7.53. The zero-order chi connectivity index (χ0) is 21.4. The number of nitrogens with two attached hydrogens (primary N) is 1. The van der Waals surface area contributed by atoms with Crippen LogP contribution >= 0.6 is 0 Å². The number of anilines is 1. The number of nitrogens with zero attached hydrogens (tertiary/aromatic N) is 3. The van der Waals surface area contributed by atoms with E-state index in [1.54, 1.807) is 0 Å². The number of hydrogen-bond acceptors (Lipinski definition) is 4. The summed E-state index contributed by atoms with van der Waals surface area (Å²) in [6.45, 7) is 7.04. The zero-order valence-corrected chi connectivity index (χ0v) is 17.0. The molecule has 2 heterocycles. The number of fused-ring (bicyclic) bond motifs is 1. The number of amides is 1. The molecule has 1 amide bonds. The van der Waals surface area contributed by atoms with Gasteiger partial charge in [-0.25, -0.2) is 16.5 Å². The van der Waals surface area contributed by atoms with Crippen LogP contribution in [0.25, 0.3) is 27.2 Å². The Morgan fingerprint density at radius 2 is 1.84 bits per heavy atom. The van der Waals surface area contributed by atoms with Crippen LogP contribution in [-0.4, -0.2) is 24.2 Å². The van der Waals surface area contributed by atoms with Gasteiger partial charge in [-0.15, -0.1) is 0 Å². The van der Waals surface area contributed by atoms with Crippen LogP contribution in [0.4, 0.5) is 5.69 Å². The molecule has 1 aromatic heterocycles. The van der Waals surface area contributed by atoms with E-state index in [4.69, 9.17) is 22.0 Å². The lowest BCUT2D eigenvalue weighted by Gasteiger charge is -2.38. The SMILES string of the molecule is [C-]#[N+]CN1C(=O)COc2nc(-c3ccc(C4(N)CCC4)cc3)c(-c3ccccc3)cc21. The maximum atomic E-state index is 12.3. The van der Waals surface area contributed by atoms with E-state index in [9.17, 15) is 4.79 Å². The summed E-state index contributed by atoms with van der Waals surface area (Å²) in [5.74, 6) is 0.131. The highest BCUT2D eigenvalue weighted by molar-refractivity contribution is 5.99. The number of pyridine rings is 1. The van der Waals surface area contributed by atoms with E-state index in [1.165, 1.54) is 11.3 Å². The topological polar surface area (TPSA) is 72.8 Å². The largest absolute Gasteiger partial charge is 0.466 e. The second-order valence-electron chi connectivity index (χ2n) is 8.07. The third-order valence-corrected chi connectivity index (χ3v) is 6.17. The Morgan fingerprint density at radius 3 is 2.48 bits per heavy atom. The summed E-state index contributed by atoms with van der Waals surface area (Å²) < 4.78 is 5.64. The molecule has 0 radical (unpaired) electrons. The highest BCUT2D eigenvalue weighted by Crippen LogP contribution is 2.42. The predicted molar refractivity (Wildman–Crippen MR) is 119 cm³/mol. The summed E-state index contributed by atoms with van der Waals surface area (Å²) in [6, 6.07) is 20.1. The molecule has 5 rings (SSSR count). The van der Waals surface area contributed by atoms with Gasteiger partial charge in [0.15, 0.2) is 6.61 Å². The summed E-state index contributed by atoms with van der Waals surface area (Å²) in [5, 5.41) is 0. The first kappa shape index (κ1) is 19.3. The number of carbonyl (C=O) groups is 1. The highest BCUT2D eigenvalue weighted by atomic mass is 16.5. The highest BCUT2D eigenvalue weighted by Gasteiger charge is 2.34. The van der Waals surface area contributed by atoms with Gasteiger partial charge >= 0.3 is 0 Å². The van der Waals surface area contributed by atoms with E-state index >= 15 is 0 Å². The van der Waals surface area contributed by atoms with Crippen molar-refractivity contribution in [2.75, 3.05) is 18.2 Å². The third kappa shape index (κ3) is 3.33. The molecule has 1 saturated carbocycles. The Morgan fingerprint density at radius 1 is 1.10 bits per heavy atom. The average Bonchev–Trinajstić information content (AvgIpc) is 2.79. The number of carbonyl (C=O) groups excluding carboxylic acids is 1. The lowest BCUT2D eigenvalue weighted by molar-refractivity contribution is -0.121. The summed E-state index contributed by atoms with van der Waals surface area (Å²) in [7, 11) is 0. The van der Waals surface area contributed by atoms with Gasteiger partial charge in [0.2, 0.25) is 5.88 Å². The Hall–Kier alpha value is -3.69. The summed E-state index contributed by atoms with van der Waals surface area (Å²) in [6.07, 6.45) is 3.19. The minimum Gasteiger partial charge on any atom is -0.466 e. The van der Waals surface area contributed by atoms with E-state index in [2.05, 4.69) is 17.0 Å². The van der Waals surface area contributed by atoms with Gasteiger partial charge in [0, 0.05) is 16.7 Å². The number of hydrogen-bond donors (Lipinski definition) is 1. The van der Waals surface area contributed by atoms with Crippen LogP contribution in [0, 0.1) is 6.57 Å².